The first kappa shape index (κ1) is 16.7. The molecule has 1 aromatic heterocycles. The van der Waals surface area contributed by atoms with Crippen molar-refractivity contribution in [3.63, 3.8) is 0 Å². The monoisotopic (exact) mass is 326 g/mol. The maximum Gasteiger partial charge on any atom is 0.223 e. The van der Waals surface area contributed by atoms with E-state index in [-0.39, 0.29) is 11.8 Å². The molecule has 0 radical (unpaired) electrons. The number of benzene rings is 1. The molecule has 2 aromatic rings. The average Bonchev–Trinajstić information content (AvgIpc) is 3.08. The number of aromatic amines is 1. The van der Waals surface area contributed by atoms with Crippen molar-refractivity contribution in [2.45, 2.75) is 52.0 Å². The molecular formula is C19H26N4O. The molecule has 5 nitrogen and oxygen atoms in total. The molecule has 0 atom stereocenters. The SMILES string of the molecule is CCC1CCC(C(=O)NCc2nc(Cc3ccccc3)n[nH]2)CC1. The third-order valence-electron chi connectivity index (χ3n) is 5.01. The molecule has 3 rings (SSSR count). The Hall–Kier alpha value is -2.17. The van der Waals surface area contributed by atoms with E-state index < -0.39 is 0 Å². The van der Waals surface area contributed by atoms with E-state index in [0.717, 1.165) is 30.4 Å². The number of aromatic nitrogens is 3. The van der Waals surface area contributed by atoms with Crippen molar-refractivity contribution >= 4 is 5.91 Å². The van der Waals surface area contributed by atoms with Crippen LogP contribution in [0.4, 0.5) is 0 Å². The molecule has 1 aliphatic rings. The van der Waals surface area contributed by atoms with Crippen LogP contribution in [-0.2, 0) is 17.8 Å². The van der Waals surface area contributed by atoms with Crippen molar-refractivity contribution in [1.29, 1.82) is 0 Å². The molecule has 2 N–H and O–H groups in total. The second-order valence-corrected chi connectivity index (χ2v) is 6.70. The number of carbonyl (C=O) groups is 1. The van der Waals surface area contributed by atoms with Gasteiger partial charge in [0.15, 0.2) is 5.82 Å². The molecule has 1 fully saturated rings. The minimum absolute atomic E-state index is 0.158. The lowest BCUT2D eigenvalue weighted by Gasteiger charge is -2.26. The fourth-order valence-electron chi connectivity index (χ4n) is 3.42. The van der Waals surface area contributed by atoms with Gasteiger partial charge in [0.05, 0.1) is 6.54 Å². The Kier molecular flexibility index (Phi) is 5.62. The molecule has 1 saturated carbocycles. The average molecular weight is 326 g/mol. The fraction of sp³-hybridized carbons (Fsp3) is 0.526. The molecule has 0 unspecified atom stereocenters. The van der Waals surface area contributed by atoms with Crippen LogP contribution in [0.3, 0.4) is 0 Å². The molecule has 0 aliphatic heterocycles. The Balaban J connectivity index is 1.46. The number of hydrogen-bond donors (Lipinski definition) is 2. The molecule has 0 spiro atoms. The van der Waals surface area contributed by atoms with Gasteiger partial charge in [-0.15, -0.1) is 0 Å². The van der Waals surface area contributed by atoms with Gasteiger partial charge in [0, 0.05) is 12.3 Å². The number of H-pyrrole nitrogens is 1. The summed E-state index contributed by atoms with van der Waals surface area (Å²) in [5.41, 5.74) is 1.18. The van der Waals surface area contributed by atoms with Crippen molar-refractivity contribution in [1.82, 2.24) is 20.5 Å². The summed E-state index contributed by atoms with van der Waals surface area (Å²) >= 11 is 0. The molecule has 1 aromatic carbocycles. The number of carbonyl (C=O) groups excluding carboxylic acids is 1. The van der Waals surface area contributed by atoms with Crippen molar-refractivity contribution in [3.05, 3.63) is 47.5 Å². The van der Waals surface area contributed by atoms with Gasteiger partial charge in [-0.2, -0.15) is 5.10 Å². The van der Waals surface area contributed by atoms with Gasteiger partial charge in [-0.3, -0.25) is 9.89 Å². The third kappa shape index (κ3) is 4.43. The summed E-state index contributed by atoms with van der Waals surface area (Å²) in [4.78, 5) is 16.8. The van der Waals surface area contributed by atoms with Crippen molar-refractivity contribution in [3.8, 4) is 0 Å². The highest BCUT2D eigenvalue weighted by molar-refractivity contribution is 5.78. The van der Waals surface area contributed by atoms with Gasteiger partial charge >= 0.3 is 0 Å². The van der Waals surface area contributed by atoms with Gasteiger partial charge in [-0.05, 0) is 37.2 Å². The predicted molar refractivity (Wildman–Crippen MR) is 93.2 cm³/mol. The van der Waals surface area contributed by atoms with Gasteiger partial charge in [-0.25, -0.2) is 4.98 Å². The number of rotatable bonds is 6. The summed E-state index contributed by atoms with van der Waals surface area (Å²) in [6.07, 6.45) is 6.32. The number of nitrogens with one attached hydrogen (secondary N) is 2. The highest BCUT2D eigenvalue weighted by atomic mass is 16.1. The lowest BCUT2D eigenvalue weighted by Crippen LogP contribution is -2.33. The van der Waals surface area contributed by atoms with Crippen LogP contribution < -0.4 is 5.32 Å². The molecular weight excluding hydrogens is 300 g/mol. The fourth-order valence-corrected chi connectivity index (χ4v) is 3.42. The maximum atomic E-state index is 12.3. The number of amides is 1. The normalized spacial score (nSPS) is 20.7. The van der Waals surface area contributed by atoms with E-state index in [1.165, 1.54) is 24.8 Å². The van der Waals surface area contributed by atoms with Gasteiger partial charge in [0.1, 0.15) is 5.82 Å². The standard InChI is InChI=1S/C19H26N4O/c1-2-14-8-10-16(11-9-14)19(24)20-13-18-21-17(22-23-18)12-15-6-4-3-5-7-15/h3-7,14,16H,2,8-13H2,1H3,(H,20,24)(H,21,22,23). The Labute approximate surface area is 143 Å². The Morgan fingerprint density at radius 2 is 1.96 bits per heavy atom. The maximum absolute atomic E-state index is 12.3. The summed E-state index contributed by atoms with van der Waals surface area (Å²) in [6.45, 7) is 2.66. The largest absolute Gasteiger partial charge is 0.349 e. The smallest absolute Gasteiger partial charge is 0.223 e. The summed E-state index contributed by atoms with van der Waals surface area (Å²) in [6, 6.07) is 10.1. The van der Waals surface area contributed by atoms with E-state index in [1.807, 2.05) is 18.2 Å². The first-order chi connectivity index (χ1) is 11.7. The molecule has 24 heavy (non-hydrogen) atoms. The lowest BCUT2D eigenvalue weighted by atomic mass is 9.80. The second kappa shape index (κ2) is 8.08. The van der Waals surface area contributed by atoms with Crippen LogP contribution in [0.15, 0.2) is 30.3 Å². The summed E-state index contributed by atoms with van der Waals surface area (Å²) in [5, 5.41) is 10.2. The molecule has 5 heteroatoms. The minimum atomic E-state index is 0.158. The summed E-state index contributed by atoms with van der Waals surface area (Å²) in [7, 11) is 0. The molecule has 1 aliphatic carbocycles. The quantitative estimate of drug-likeness (QED) is 0.856. The predicted octanol–water partition coefficient (Wildman–Crippen LogP) is 3.23. The molecule has 1 heterocycles. The summed E-state index contributed by atoms with van der Waals surface area (Å²) < 4.78 is 0. The van der Waals surface area contributed by atoms with Crippen LogP contribution in [0.2, 0.25) is 0 Å². The topological polar surface area (TPSA) is 70.7 Å². The van der Waals surface area contributed by atoms with Gasteiger partial charge < -0.3 is 5.32 Å². The van der Waals surface area contributed by atoms with Crippen molar-refractivity contribution in [2.24, 2.45) is 11.8 Å². The zero-order valence-electron chi connectivity index (χ0n) is 14.3. The van der Waals surface area contributed by atoms with Gasteiger partial charge in [0.2, 0.25) is 5.91 Å². The highest BCUT2D eigenvalue weighted by Gasteiger charge is 2.25. The van der Waals surface area contributed by atoms with Crippen LogP contribution >= 0.6 is 0 Å². The van der Waals surface area contributed by atoms with Crippen molar-refractivity contribution < 1.29 is 4.79 Å². The second-order valence-electron chi connectivity index (χ2n) is 6.70. The third-order valence-corrected chi connectivity index (χ3v) is 5.01. The van der Waals surface area contributed by atoms with Crippen LogP contribution in [0, 0.1) is 11.8 Å². The van der Waals surface area contributed by atoms with Crippen LogP contribution in [0.5, 0.6) is 0 Å². The molecule has 128 valence electrons. The van der Waals surface area contributed by atoms with Crippen LogP contribution in [0.1, 0.15) is 56.2 Å². The molecule has 1 amide bonds. The minimum Gasteiger partial charge on any atom is -0.349 e. The molecule has 0 bridgehead atoms. The van der Waals surface area contributed by atoms with E-state index in [2.05, 4.69) is 39.6 Å². The Morgan fingerprint density at radius 1 is 1.21 bits per heavy atom. The van der Waals surface area contributed by atoms with Crippen molar-refractivity contribution in [2.75, 3.05) is 0 Å². The Bertz CT molecular complexity index is 644. The van der Waals surface area contributed by atoms with E-state index in [4.69, 9.17) is 0 Å². The number of hydrogen-bond acceptors (Lipinski definition) is 3. The Morgan fingerprint density at radius 3 is 2.67 bits per heavy atom. The lowest BCUT2D eigenvalue weighted by molar-refractivity contribution is -0.126. The van der Waals surface area contributed by atoms with Crippen LogP contribution in [-0.4, -0.2) is 21.1 Å². The van der Waals surface area contributed by atoms with E-state index in [1.54, 1.807) is 0 Å². The van der Waals surface area contributed by atoms with E-state index in [9.17, 15) is 4.79 Å². The van der Waals surface area contributed by atoms with Crippen LogP contribution in [0.25, 0.3) is 0 Å². The number of nitrogens with zero attached hydrogens (tertiary/aromatic N) is 2. The summed E-state index contributed by atoms with van der Waals surface area (Å²) in [5.74, 6) is 2.61. The first-order valence-corrected chi connectivity index (χ1v) is 8.96. The van der Waals surface area contributed by atoms with E-state index >= 15 is 0 Å². The zero-order valence-corrected chi connectivity index (χ0v) is 14.3. The first-order valence-electron chi connectivity index (χ1n) is 8.96. The van der Waals surface area contributed by atoms with Gasteiger partial charge in [-0.1, -0.05) is 43.7 Å². The highest BCUT2D eigenvalue weighted by Crippen LogP contribution is 2.30. The van der Waals surface area contributed by atoms with E-state index in [0.29, 0.717) is 13.0 Å². The zero-order chi connectivity index (χ0) is 16.8. The van der Waals surface area contributed by atoms with Gasteiger partial charge in [0.25, 0.3) is 0 Å². The molecule has 0 saturated heterocycles.